The second kappa shape index (κ2) is 5.94. The average molecular weight is 278 g/mol. The highest BCUT2D eigenvalue weighted by molar-refractivity contribution is 5.38. The van der Waals surface area contributed by atoms with Crippen molar-refractivity contribution in [2.75, 3.05) is 0 Å². The van der Waals surface area contributed by atoms with Gasteiger partial charge in [0.25, 0.3) is 0 Å². The molecule has 1 N–H and O–H groups in total. The molecule has 3 aromatic rings. The van der Waals surface area contributed by atoms with Gasteiger partial charge in [0.15, 0.2) is 0 Å². The predicted molar refractivity (Wildman–Crippen MR) is 83.4 cm³/mol. The van der Waals surface area contributed by atoms with Gasteiger partial charge in [-0.25, -0.2) is 4.98 Å². The number of benzene rings is 2. The number of aromatic nitrogens is 2. The van der Waals surface area contributed by atoms with Crippen LogP contribution >= 0.6 is 0 Å². The van der Waals surface area contributed by atoms with Gasteiger partial charge in [0, 0.05) is 24.0 Å². The average Bonchev–Trinajstić information content (AvgIpc) is 3.04. The van der Waals surface area contributed by atoms with Gasteiger partial charge in [0.05, 0.1) is 6.61 Å². The van der Waals surface area contributed by atoms with Crippen molar-refractivity contribution in [2.45, 2.75) is 19.4 Å². The first-order valence-corrected chi connectivity index (χ1v) is 7.08. The van der Waals surface area contributed by atoms with Gasteiger partial charge in [0.2, 0.25) is 0 Å². The van der Waals surface area contributed by atoms with Gasteiger partial charge in [-0.2, -0.15) is 0 Å². The van der Waals surface area contributed by atoms with Crippen LogP contribution in [0.4, 0.5) is 0 Å². The summed E-state index contributed by atoms with van der Waals surface area (Å²) in [4.78, 5) is 4.52. The summed E-state index contributed by atoms with van der Waals surface area (Å²) >= 11 is 0. The Bertz CT molecular complexity index is 719. The molecule has 0 aliphatic carbocycles. The highest BCUT2D eigenvalue weighted by Gasteiger charge is 2.15. The third-order valence-corrected chi connectivity index (χ3v) is 3.73. The second-order valence-electron chi connectivity index (χ2n) is 5.12. The maximum absolute atomic E-state index is 9.29. The van der Waals surface area contributed by atoms with Crippen molar-refractivity contribution in [1.29, 1.82) is 0 Å². The van der Waals surface area contributed by atoms with E-state index < -0.39 is 0 Å². The molecule has 0 unspecified atom stereocenters. The molecule has 1 heterocycles. The zero-order chi connectivity index (χ0) is 14.7. The number of hydrogen-bond donors (Lipinski definition) is 1. The molecule has 21 heavy (non-hydrogen) atoms. The van der Waals surface area contributed by atoms with E-state index in [0.29, 0.717) is 0 Å². The van der Waals surface area contributed by atoms with Crippen LogP contribution in [-0.2, 0) is 6.61 Å². The molecule has 0 saturated heterocycles. The first-order valence-electron chi connectivity index (χ1n) is 7.08. The molecule has 0 fully saturated rings. The molecule has 0 amide bonds. The quantitative estimate of drug-likeness (QED) is 0.793. The molecule has 106 valence electrons. The molecule has 0 spiro atoms. The Hall–Kier alpha value is -2.39. The molecular formula is C18H18N2O. The molecule has 1 atom stereocenters. The lowest BCUT2D eigenvalue weighted by atomic mass is 10.0. The van der Waals surface area contributed by atoms with E-state index in [9.17, 15) is 5.11 Å². The number of aliphatic hydroxyl groups excluding tert-OH is 1. The molecule has 1 aromatic heterocycles. The van der Waals surface area contributed by atoms with Gasteiger partial charge in [-0.1, -0.05) is 49.4 Å². The van der Waals surface area contributed by atoms with Crippen molar-refractivity contribution in [3.63, 3.8) is 0 Å². The minimum atomic E-state index is 0.0477. The van der Waals surface area contributed by atoms with Crippen LogP contribution in [0.25, 0.3) is 5.69 Å². The molecule has 0 aliphatic rings. The van der Waals surface area contributed by atoms with Crippen molar-refractivity contribution < 1.29 is 5.11 Å². The Morgan fingerprint density at radius 1 is 1.10 bits per heavy atom. The lowest BCUT2D eigenvalue weighted by Gasteiger charge is -2.15. The number of hydrogen-bond acceptors (Lipinski definition) is 2. The smallest absolute Gasteiger partial charge is 0.120 e. The summed E-state index contributed by atoms with van der Waals surface area (Å²) in [6, 6.07) is 18.2. The van der Waals surface area contributed by atoms with E-state index in [-0.39, 0.29) is 12.5 Å². The largest absolute Gasteiger partial charge is 0.392 e. The SMILES string of the molecule is C[C@@H](c1ccccc1)c1nccn1-c1cccc(CO)c1. The van der Waals surface area contributed by atoms with Crippen LogP contribution in [0, 0.1) is 0 Å². The molecule has 2 aromatic carbocycles. The van der Waals surface area contributed by atoms with Crippen molar-refractivity contribution in [2.24, 2.45) is 0 Å². The standard InChI is InChI=1S/C18H18N2O/c1-14(16-7-3-2-4-8-16)18-19-10-11-20(18)17-9-5-6-15(12-17)13-21/h2-12,14,21H,13H2,1H3/t14-/m0/s1. The fourth-order valence-corrected chi connectivity index (χ4v) is 2.55. The van der Waals surface area contributed by atoms with E-state index >= 15 is 0 Å². The van der Waals surface area contributed by atoms with Crippen LogP contribution < -0.4 is 0 Å². The first kappa shape index (κ1) is 13.6. The van der Waals surface area contributed by atoms with Crippen molar-refractivity contribution >= 4 is 0 Å². The van der Waals surface area contributed by atoms with Gasteiger partial charge in [0.1, 0.15) is 5.82 Å². The van der Waals surface area contributed by atoms with Gasteiger partial charge in [-0.15, -0.1) is 0 Å². The normalized spacial score (nSPS) is 12.3. The number of aliphatic hydroxyl groups is 1. The highest BCUT2D eigenvalue weighted by Crippen LogP contribution is 2.25. The molecule has 3 rings (SSSR count). The number of imidazole rings is 1. The third kappa shape index (κ3) is 2.73. The first-order chi connectivity index (χ1) is 10.3. The van der Waals surface area contributed by atoms with Crippen molar-refractivity contribution in [1.82, 2.24) is 9.55 Å². The van der Waals surface area contributed by atoms with Gasteiger partial charge in [-0.3, -0.25) is 0 Å². The highest BCUT2D eigenvalue weighted by atomic mass is 16.3. The Morgan fingerprint density at radius 3 is 2.67 bits per heavy atom. The van der Waals surface area contributed by atoms with Crippen LogP contribution in [0.15, 0.2) is 67.0 Å². The summed E-state index contributed by atoms with van der Waals surface area (Å²) in [5.74, 6) is 1.20. The van der Waals surface area contributed by atoms with Crippen LogP contribution in [0.3, 0.4) is 0 Å². The molecule has 0 bridgehead atoms. The molecular weight excluding hydrogens is 260 g/mol. The Balaban J connectivity index is 2.01. The van der Waals surface area contributed by atoms with E-state index in [0.717, 1.165) is 17.1 Å². The lowest BCUT2D eigenvalue weighted by molar-refractivity contribution is 0.282. The zero-order valence-electron chi connectivity index (χ0n) is 12.0. The fraction of sp³-hybridized carbons (Fsp3) is 0.167. The topological polar surface area (TPSA) is 38.0 Å². The predicted octanol–water partition coefficient (Wildman–Crippen LogP) is 3.52. The zero-order valence-corrected chi connectivity index (χ0v) is 12.0. The number of rotatable bonds is 4. The Labute approximate surface area is 124 Å². The van der Waals surface area contributed by atoms with Gasteiger partial charge in [-0.05, 0) is 23.3 Å². The van der Waals surface area contributed by atoms with Crippen LogP contribution in [0.1, 0.15) is 29.8 Å². The van der Waals surface area contributed by atoms with Gasteiger partial charge >= 0.3 is 0 Å². The van der Waals surface area contributed by atoms with Crippen LogP contribution in [0.2, 0.25) is 0 Å². The minimum absolute atomic E-state index is 0.0477. The molecule has 3 heteroatoms. The summed E-state index contributed by atoms with van der Waals surface area (Å²) < 4.78 is 2.08. The van der Waals surface area contributed by atoms with E-state index in [1.165, 1.54) is 5.56 Å². The van der Waals surface area contributed by atoms with Crippen molar-refractivity contribution in [3.8, 4) is 5.69 Å². The second-order valence-corrected chi connectivity index (χ2v) is 5.12. The molecule has 3 nitrogen and oxygen atoms in total. The van der Waals surface area contributed by atoms with Crippen molar-refractivity contribution in [3.05, 3.63) is 83.9 Å². The van der Waals surface area contributed by atoms with E-state index in [2.05, 4.69) is 28.6 Å². The summed E-state index contributed by atoms with van der Waals surface area (Å²) in [6.45, 7) is 2.20. The monoisotopic (exact) mass is 278 g/mol. The molecule has 0 aliphatic heterocycles. The summed E-state index contributed by atoms with van der Waals surface area (Å²) in [7, 11) is 0. The fourth-order valence-electron chi connectivity index (χ4n) is 2.55. The maximum Gasteiger partial charge on any atom is 0.120 e. The summed E-state index contributed by atoms with van der Waals surface area (Å²) in [5, 5.41) is 9.29. The Morgan fingerprint density at radius 2 is 1.90 bits per heavy atom. The van der Waals surface area contributed by atoms with Gasteiger partial charge < -0.3 is 9.67 Å². The molecule has 0 radical (unpaired) electrons. The summed E-state index contributed by atoms with van der Waals surface area (Å²) in [5.41, 5.74) is 3.17. The Kier molecular flexibility index (Phi) is 3.84. The van der Waals surface area contributed by atoms with Crippen LogP contribution in [-0.4, -0.2) is 14.7 Å². The lowest BCUT2D eigenvalue weighted by Crippen LogP contribution is -2.06. The summed E-state index contributed by atoms with van der Waals surface area (Å²) in [6.07, 6.45) is 3.78. The minimum Gasteiger partial charge on any atom is -0.392 e. The number of nitrogens with zero attached hydrogens (tertiary/aromatic N) is 2. The van der Waals surface area contributed by atoms with E-state index in [1.807, 2.05) is 54.9 Å². The maximum atomic E-state index is 9.29. The third-order valence-electron chi connectivity index (χ3n) is 3.73. The van der Waals surface area contributed by atoms with E-state index in [4.69, 9.17) is 0 Å². The molecule has 0 saturated carbocycles. The van der Waals surface area contributed by atoms with Crippen LogP contribution in [0.5, 0.6) is 0 Å². The van der Waals surface area contributed by atoms with E-state index in [1.54, 1.807) is 0 Å².